The summed E-state index contributed by atoms with van der Waals surface area (Å²) in [4.78, 5) is 9.86. The second-order valence-corrected chi connectivity index (χ2v) is 5.23. The Morgan fingerprint density at radius 1 is 1.22 bits per heavy atom. The predicted molar refractivity (Wildman–Crippen MR) is 74.8 cm³/mol. The molecule has 0 amide bonds. The minimum atomic E-state index is 0.687. The first-order valence-corrected chi connectivity index (χ1v) is 6.78. The van der Waals surface area contributed by atoms with Gasteiger partial charge in [0.1, 0.15) is 0 Å². The Bertz CT molecular complexity index is 540. The fourth-order valence-corrected chi connectivity index (χ4v) is 2.58. The van der Waals surface area contributed by atoms with Crippen molar-refractivity contribution >= 4 is 11.8 Å². The number of aryl methyl sites for hydroxylation is 2. The van der Waals surface area contributed by atoms with Crippen molar-refractivity contribution in [3.63, 3.8) is 0 Å². The van der Waals surface area contributed by atoms with E-state index in [0.29, 0.717) is 6.54 Å². The van der Waals surface area contributed by atoms with E-state index in [1.165, 1.54) is 16.0 Å². The molecule has 0 aliphatic carbocycles. The molecule has 0 aliphatic rings. The molecule has 1 aromatic heterocycles. The number of hydrogen-bond donors (Lipinski definition) is 1. The summed E-state index contributed by atoms with van der Waals surface area (Å²) in [6, 6.07) is 8.33. The van der Waals surface area contributed by atoms with Gasteiger partial charge in [-0.25, -0.2) is 9.97 Å². The third-order valence-corrected chi connectivity index (χ3v) is 3.70. The number of hydrogen-bond acceptors (Lipinski definition) is 4. The summed E-state index contributed by atoms with van der Waals surface area (Å²) >= 11 is 1.60. The van der Waals surface area contributed by atoms with E-state index in [0.717, 1.165) is 17.3 Å². The van der Waals surface area contributed by atoms with Crippen LogP contribution in [-0.2, 0) is 6.42 Å². The van der Waals surface area contributed by atoms with E-state index in [1.54, 1.807) is 18.0 Å². The molecule has 0 aliphatic heterocycles. The van der Waals surface area contributed by atoms with Gasteiger partial charge in [0, 0.05) is 16.8 Å². The molecule has 1 heterocycles. The summed E-state index contributed by atoms with van der Waals surface area (Å²) in [6.45, 7) is 4.77. The zero-order valence-electron chi connectivity index (χ0n) is 10.7. The Labute approximate surface area is 112 Å². The molecular weight excluding hydrogens is 242 g/mol. The number of nitrogens with zero attached hydrogens (tertiary/aromatic N) is 2. The first-order valence-electron chi connectivity index (χ1n) is 5.96. The van der Waals surface area contributed by atoms with Crippen LogP contribution in [-0.4, -0.2) is 16.5 Å². The highest BCUT2D eigenvalue weighted by molar-refractivity contribution is 7.99. The number of nitrogens with two attached hydrogens (primary N) is 1. The molecule has 4 heteroatoms. The molecule has 2 aromatic rings. The number of rotatable bonds is 4. The Hall–Kier alpha value is -1.39. The summed E-state index contributed by atoms with van der Waals surface area (Å²) < 4.78 is 0. The number of aromatic nitrogens is 2. The molecule has 1 aromatic carbocycles. The highest BCUT2D eigenvalue weighted by Crippen LogP contribution is 2.28. The molecule has 94 valence electrons. The van der Waals surface area contributed by atoms with Crippen molar-refractivity contribution in [2.24, 2.45) is 5.73 Å². The van der Waals surface area contributed by atoms with Gasteiger partial charge in [-0.15, -0.1) is 0 Å². The van der Waals surface area contributed by atoms with Crippen LogP contribution < -0.4 is 5.73 Å². The van der Waals surface area contributed by atoms with Gasteiger partial charge in [-0.2, -0.15) is 0 Å². The molecule has 0 saturated heterocycles. The van der Waals surface area contributed by atoms with Gasteiger partial charge < -0.3 is 5.73 Å². The lowest BCUT2D eigenvalue weighted by Gasteiger charge is -2.07. The lowest BCUT2D eigenvalue weighted by molar-refractivity contribution is 0.930. The highest BCUT2D eigenvalue weighted by Gasteiger charge is 2.04. The normalized spacial score (nSPS) is 10.6. The van der Waals surface area contributed by atoms with Crippen molar-refractivity contribution in [2.45, 2.75) is 30.3 Å². The maximum absolute atomic E-state index is 5.56. The quantitative estimate of drug-likeness (QED) is 0.858. The fraction of sp³-hybridized carbons (Fsp3) is 0.286. The van der Waals surface area contributed by atoms with Crippen LogP contribution in [0.1, 0.15) is 16.8 Å². The molecule has 2 rings (SSSR count). The molecule has 0 spiro atoms. The first-order chi connectivity index (χ1) is 8.69. The molecule has 0 fully saturated rings. The van der Waals surface area contributed by atoms with E-state index in [-0.39, 0.29) is 0 Å². The Kier molecular flexibility index (Phi) is 4.33. The van der Waals surface area contributed by atoms with Crippen LogP contribution in [0.25, 0.3) is 0 Å². The second-order valence-electron chi connectivity index (χ2n) is 4.22. The van der Waals surface area contributed by atoms with Crippen molar-refractivity contribution < 1.29 is 0 Å². The topological polar surface area (TPSA) is 51.8 Å². The molecule has 0 unspecified atom stereocenters. The van der Waals surface area contributed by atoms with E-state index in [1.807, 2.05) is 13.0 Å². The zero-order chi connectivity index (χ0) is 13.0. The maximum atomic E-state index is 5.56. The van der Waals surface area contributed by atoms with Gasteiger partial charge in [-0.1, -0.05) is 12.1 Å². The Morgan fingerprint density at radius 3 is 2.72 bits per heavy atom. The maximum Gasteiger partial charge on any atom is 0.192 e. The lowest BCUT2D eigenvalue weighted by atomic mass is 10.1. The monoisotopic (exact) mass is 259 g/mol. The predicted octanol–water partition coefficient (Wildman–Crippen LogP) is 2.75. The van der Waals surface area contributed by atoms with Gasteiger partial charge in [0.05, 0.1) is 0 Å². The van der Waals surface area contributed by atoms with Crippen LogP contribution in [0, 0.1) is 13.8 Å². The molecule has 0 atom stereocenters. The third kappa shape index (κ3) is 3.31. The van der Waals surface area contributed by atoms with Crippen molar-refractivity contribution in [1.82, 2.24) is 9.97 Å². The molecule has 2 N–H and O–H groups in total. The number of benzene rings is 1. The van der Waals surface area contributed by atoms with E-state index >= 15 is 0 Å². The Balaban J connectivity index is 2.19. The molecule has 3 nitrogen and oxygen atoms in total. The van der Waals surface area contributed by atoms with Crippen molar-refractivity contribution in [3.05, 3.63) is 47.3 Å². The Morgan fingerprint density at radius 2 is 2.06 bits per heavy atom. The van der Waals surface area contributed by atoms with Gasteiger partial charge in [-0.3, -0.25) is 0 Å². The minimum absolute atomic E-state index is 0.687. The largest absolute Gasteiger partial charge is 0.330 e. The summed E-state index contributed by atoms with van der Waals surface area (Å²) in [7, 11) is 0. The van der Waals surface area contributed by atoms with Crippen LogP contribution in [0.5, 0.6) is 0 Å². The molecule has 0 radical (unpaired) electrons. The molecule has 0 bridgehead atoms. The van der Waals surface area contributed by atoms with E-state index in [2.05, 4.69) is 35.1 Å². The average Bonchev–Trinajstić information content (AvgIpc) is 2.33. The van der Waals surface area contributed by atoms with Gasteiger partial charge in [0.15, 0.2) is 5.16 Å². The second kappa shape index (κ2) is 5.98. The van der Waals surface area contributed by atoms with Crippen LogP contribution in [0.3, 0.4) is 0 Å². The van der Waals surface area contributed by atoms with E-state index in [4.69, 9.17) is 5.73 Å². The van der Waals surface area contributed by atoms with Crippen molar-refractivity contribution in [2.75, 3.05) is 6.54 Å². The highest BCUT2D eigenvalue weighted by atomic mass is 32.2. The fourth-order valence-electron chi connectivity index (χ4n) is 1.72. The minimum Gasteiger partial charge on any atom is -0.330 e. The molecule has 0 saturated carbocycles. The molecule has 18 heavy (non-hydrogen) atoms. The van der Waals surface area contributed by atoms with E-state index in [9.17, 15) is 0 Å². The van der Waals surface area contributed by atoms with Crippen LogP contribution in [0.4, 0.5) is 0 Å². The van der Waals surface area contributed by atoms with Gasteiger partial charge >= 0.3 is 0 Å². The smallest absolute Gasteiger partial charge is 0.192 e. The van der Waals surface area contributed by atoms with Crippen molar-refractivity contribution in [1.29, 1.82) is 0 Å². The van der Waals surface area contributed by atoms with Crippen LogP contribution in [0.15, 0.2) is 40.5 Å². The third-order valence-electron chi connectivity index (χ3n) is 2.65. The zero-order valence-corrected chi connectivity index (χ0v) is 11.5. The summed E-state index contributed by atoms with van der Waals surface area (Å²) in [5.74, 6) is 0. The van der Waals surface area contributed by atoms with Crippen LogP contribution >= 0.6 is 11.8 Å². The first kappa shape index (κ1) is 13.1. The standard InChI is InChI=1S/C14H17N3S/c1-10-9-12(5-7-15)3-4-13(10)18-14-16-8-6-11(2)17-14/h3-4,6,8-9H,5,7,15H2,1-2H3. The SMILES string of the molecule is Cc1ccnc(Sc2ccc(CCN)cc2C)n1. The molecular formula is C14H17N3S. The summed E-state index contributed by atoms with van der Waals surface area (Å²) in [6.07, 6.45) is 2.72. The summed E-state index contributed by atoms with van der Waals surface area (Å²) in [5, 5.41) is 0.796. The van der Waals surface area contributed by atoms with Crippen molar-refractivity contribution in [3.8, 4) is 0 Å². The van der Waals surface area contributed by atoms with Gasteiger partial charge in [-0.05, 0) is 61.8 Å². The van der Waals surface area contributed by atoms with Gasteiger partial charge in [0.2, 0.25) is 0 Å². The van der Waals surface area contributed by atoms with E-state index < -0.39 is 0 Å². The lowest BCUT2D eigenvalue weighted by Crippen LogP contribution is -2.02. The van der Waals surface area contributed by atoms with Gasteiger partial charge in [0.25, 0.3) is 0 Å². The van der Waals surface area contributed by atoms with Crippen LogP contribution in [0.2, 0.25) is 0 Å². The summed E-state index contributed by atoms with van der Waals surface area (Å²) in [5.41, 5.74) is 9.08. The average molecular weight is 259 g/mol.